The SMILES string of the molecule is Cn1ncc(-c2ccccc2)c1Nc1cccc(N2CCNCC2)n1. The van der Waals surface area contributed by atoms with Crippen LogP contribution in [-0.2, 0) is 7.05 Å². The van der Waals surface area contributed by atoms with Gasteiger partial charge in [-0.25, -0.2) is 4.98 Å². The zero-order chi connectivity index (χ0) is 17.1. The summed E-state index contributed by atoms with van der Waals surface area (Å²) in [5.74, 6) is 2.78. The lowest BCUT2D eigenvalue weighted by molar-refractivity contribution is 0.585. The van der Waals surface area contributed by atoms with Gasteiger partial charge in [0.15, 0.2) is 0 Å². The molecule has 6 nitrogen and oxygen atoms in total. The fourth-order valence-electron chi connectivity index (χ4n) is 3.10. The summed E-state index contributed by atoms with van der Waals surface area (Å²) in [6, 6.07) is 16.4. The van der Waals surface area contributed by atoms with Crippen LogP contribution in [0.5, 0.6) is 0 Å². The molecule has 25 heavy (non-hydrogen) atoms. The third kappa shape index (κ3) is 3.34. The number of hydrogen-bond acceptors (Lipinski definition) is 5. The second-order valence-corrected chi connectivity index (χ2v) is 6.14. The van der Waals surface area contributed by atoms with E-state index in [1.165, 1.54) is 0 Å². The minimum absolute atomic E-state index is 0.830. The van der Waals surface area contributed by atoms with E-state index in [1.807, 2.05) is 48.3 Å². The van der Waals surface area contributed by atoms with Crippen molar-refractivity contribution in [2.45, 2.75) is 0 Å². The molecule has 0 bridgehead atoms. The van der Waals surface area contributed by atoms with E-state index < -0.39 is 0 Å². The molecule has 2 N–H and O–H groups in total. The lowest BCUT2D eigenvalue weighted by Gasteiger charge is -2.28. The number of nitrogens with one attached hydrogen (secondary N) is 2. The van der Waals surface area contributed by atoms with Crippen LogP contribution < -0.4 is 15.5 Å². The maximum absolute atomic E-state index is 4.79. The van der Waals surface area contributed by atoms with Crippen molar-refractivity contribution < 1.29 is 0 Å². The molecule has 1 saturated heterocycles. The molecular weight excluding hydrogens is 312 g/mol. The summed E-state index contributed by atoms with van der Waals surface area (Å²) in [4.78, 5) is 7.10. The van der Waals surface area contributed by atoms with Crippen molar-refractivity contribution in [2.75, 3.05) is 36.4 Å². The smallest absolute Gasteiger partial charge is 0.137 e. The predicted molar refractivity (Wildman–Crippen MR) is 101 cm³/mol. The van der Waals surface area contributed by atoms with E-state index in [-0.39, 0.29) is 0 Å². The number of aromatic nitrogens is 3. The number of pyridine rings is 1. The van der Waals surface area contributed by atoms with Crippen molar-refractivity contribution in [1.29, 1.82) is 0 Å². The average Bonchev–Trinajstić information content (AvgIpc) is 3.04. The van der Waals surface area contributed by atoms with Gasteiger partial charge in [0.25, 0.3) is 0 Å². The maximum atomic E-state index is 4.79. The third-order valence-corrected chi connectivity index (χ3v) is 4.45. The molecule has 0 atom stereocenters. The van der Waals surface area contributed by atoms with Gasteiger partial charge in [-0.2, -0.15) is 5.10 Å². The molecule has 1 aliphatic heterocycles. The van der Waals surface area contributed by atoms with Gasteiger partial charge in [0.2, 0.25) is 0 Å². The summed E-state index contributed by atoms with van der Waals surface area (Å²) in [7, 11) is 1.94. The second kappa shape index (κ2) is 6.94. The normalized spacial score (nSPS) is 14.5. The molecule has 128 valence electrons. The fourth-order valence-corrected chi connectivity index (χ4v) is 3.10. The van der Waals surface area contributed by atoms with Gasteiger partial charge >= 0.3 is 0 Å². The molecule has 3 aromatic rings. The van der Waals surface area contributed by atoms with Crippen LogP contribution in [0.1, 0.15) is 0 Å². The number of nitrogens with zero attached hydrogens (tertiary/aromatic N) is 4. The van der Waals surface area contributed by atoms with Crippen LogP contribution in [0, 0.1) is 0 Å². The molecule has 0 radical (unpaired) electrons. The van der Waals surface area contributed by atoms with Crippen LogP contribution in [0.25, 0.3) is 11.1 Å². The highest BCUT2D eigenvalue weighted by Crippen LogP contribution is 2.29. The molecule has 2 aromatic heterocycles. The molecule has 1 aliphatic rings. The summed E-state index contributed by atoms with van der Waals surface area (Å²) in [6.45, 7) is 3.97. The Kier molecular flexibility index (Phi) is 4.35. The predicted octanol–water partition coefficient (Wildman–Crippen LogP) is 2.64. The standard InChI is InChI=1S/C19H22N6/c1-24-19(16(14-21-24)15-6-3-2-4-7-15)23-17-8-5-9-18(22-17)25-12-10-20-11-13-25/h2-9,14,20H,10-13H2,1H3,(H,22,23). The molecule has 0 aliphatic carbocycles. The van der Waals surface area contributed by atoms with Crippen molar-refractivity contribution >= 4 is 17.5 Å². The number of aryl methyl sites for hydroxylation is 1. The van der Waals surface area contributed by atoms with Crippen LogP contribution in [0.15, 0.2) is 54.7 Å². The van der Waals surface area contributed by atoms with Gasteiger partial charge in [0.05, 0.1) is 6.20 Å². The van der Waals surface area contributed by atoms with Gasteiger partial charge in [0.1, 0.15) is 17.5 Å². The van der Waals surface area contributed by atoms with E-state index in [0.29, 0.717) is 0 Å². The third-order valence-electron chi connectivity index (χ3n) is 4.45. The van der Waals surface area contributed by atoms with E-state index in [9.17, 15) is 0 Å². The molecule has 0 saturated carbocycles. The average molecular weight is 334 g/mol. The summed E-state index contributed by atoms with van der Waals surface area (Å²) < 4.78 is 1.85. The minimum atomic E-state index is 0.830. The summed E-state index contributed by atoms with van der Waals surface area (Å²) in [6.07, 6.45) is 1.89. The number of anilines is 3. The van der Waals surface area contributed by atoms with E-state index in [4.69, 9.17) is 4.98 Å². The number of rotatable bonds is 4. The van der Waals surface area contributed by atoms with Crippen LogP contribution in [-0.4, -0.2) is 40.9 Å². The molecule has 4 rings (SSSR count). The summed E-state index contributed by atoms with van der Waals surface area (Å²) in [5, 5.41) is 11.2. The zero-order valence-electron chi connectivity index (χ0n) is 14.3. The molecule has 3 heterocycles. The quantitative estimate of drug-likeness (QED) is 0.768. The molecule has 0 amide bonds. The molecule has 1 fully saturated rings. The minimum Gasteiger partial charge on any atom is -0.354 e. The number of piperazine rings is 1. The highest BCUT2D eigenvalue weighted by molar-refractivity contribution is 5.77. The Hall–Kier alpha value is -2.86. The molecule has 1 aromatic carbocycles. The second-order valence-electron chi connectivity index (χ2n) is 6.14. The highest BCUT2D eigenvalue weighted by atomic mass is 15.3. The summed E-state index contributed by atoms with van der Waals surface area (Å²) in [5.41, 5.74) is 2.20. The fraction of sp³-hybridized carbons (Fsp3) is 0.263. The Morgan fingerprint density at radius 2 is 1.80 bits per heavy atom. The van der Waals surface area contributed by atoms with Crippen LogP contribution in [0.4, 0.5) is 17.5 Å². The molecule has 6 heteroatoms. The van der Waals surface area contributed by atoms with Crippen LogP contribution >= 0.6 is 0 Å². The van der Waals surface area contributed by atoms with Crippen molar-refractivity contribution in [1.82, 2.24) is 20.1 Å². The molecule has 0 unspecified atom stereocenters. The topological polar surface area (TPSA) is 58.0 Å². The van der Waals surface area contributed by atoms with E-state index in [2.05, 4.69) is 38.8 Å². The Labute approximate surface area is 147 Å². The van der Waals surface area contributed by atoms with E-state index >= 15 is 0 Å². The van der Waals surface area contributed by atoms with Crippen molar-refractivity contribution in [3.05, 3.63) is 54.7 Å². The first kappa shape index (κ1) is 15.7. The van der Waals surface area contributed by atoms with Crippen molar-refractivity contribution in [3.63, 3.8) is 0 Å². The largest absolute Gasteiger partial charge is 0.354 e. The van der Waals surface area contributed by atoms with Crippen LogP contribution in [0.2, 0.25) is 0 Å². The first-order valence-corrected chi connectivity index (χ1v) is 8.58. The van der Waals surface area contributed by atoms with E-state index in [1.54, 1.807) is 0 Å². The number of hydrogen-bond donors (Lipinski definition) is 2. The maximum Gasteiger partial charge on any atom is 0.137 e. The molecule has 0 spiro atoms. The Bertz CT molecular complexity index is 836. The lowest BCUT2D eigenvalue weighted by atomic mass is 10.1. The first-order chi connectivity index (χ1) is 12.3. The summed E-state index contributed by atoms with van der Waals surface area (Å²) >= 11 is 0. The van der Waals surface area contributed by atoms with Crippen LogP contribution in [0.3, 0.4) is 0 Å². The van der Waals surface area contributed by atoms with Gasteiger partial charge in [-0.3, -0.25) is 4.68 Å². The number of benzene rings is 1. The van der Waals surface area contributed by atoms with Gasteiger partial charge in [-0.1, -0.05) is 36.4 Å². The van der Waals surface area contributed by atoms with Gasteiger partial charge in [-0.15, -0.1) is 0 Å². The molecular formula is C19H22N6. The Morgan fingerprint density at radius 1 is 1.00 bits per heavy atom. The van der Waals surface area contributed by atoms with E-state index in [0.717, 1.165) is 54.8 Å². The monoisotopic (exact) mass is 334 g/mol. The van der Waals surface area contributed by atoms with Crippen molar-refractivity contribution in [3.8, 4) is 11.1 Å². The first-order valence-electron chi connectivity index (χ1n) is 8.58. The zero-order valence-corrected chi connectivity index (χ0v) is 14.3. The van der Waals surface area contributed by atoms with Gasteiger partial charge in [-0.05, 0) is 17.7 Å². The Balaban J connectivity index is 1.62. The van der Waals surface area contributed by atoms with Gasteiger partial charge < -0.3 is 15.5 Å². The van der Waals surface area contributed by atoms with Crippen molar-refractivity contribution in [2.24, 2.45) is 7.05 Å². The van der Waals surface area contributed by atoms with Gasteiger partial charge in [0, 0.05) is 38.8 Å². The Morgan fingerprint density at radius 3 is 2.60 bits per heavy atom. The lowest BCUT2D eigenvalue weighted by Crippen LogP contribution is -2.43. The highest BCUT2D eigenvalue weighted by Gasteiger charge is 2.14.